The number of hydrogen-bond donors (Lipinski definition) is 1. The van der Waals surface area contributed by atoms with Crippen molar-refractivity contribution in [2.75, 3.05) is 13.6 Å². The van der Waals surface area contributed by atoms with Crippen LogP contribution >= 0.6 is 0 Å². The predicted molar refractivity (Wildman–Crippen MR) is 60.0 cm³/mol. The lowest BCUT2D eigenvalue weighted by molar-refractivity contribution is 0.741. The summed E-state index contributed by atoms with van der Waals surface area (Å²) >= 11 is 0. The van der Waals surface area contributed by atoms with Gasteiger partial charge in [-0.1, -0.05) is 13.0 Å². The number of nitrogens with zero attached hydrogens (tertiary/aromatic N) is 3. The molecule has 0 aliphatic rings. The third kappa shape index (κ3) is 1.99. The maximum Gasteiger partial charge on any atom is 0.155 e. The zero-order valence-corrected chi connectivity index (χ0v) is 9.20. The van der Waals surface area contributed by atoms with Gasteiger partial charge in [-0.25, -0.2) is 9.50 Å². The van der Waals surface area contributed by atoms with Crippen LogP contribution in [0, 0.1) is 0 Å². The second-order valence-corrected chi connectivity index (χ2v) is 3.52. The first-order chi connectivity index (χ1) is 7.35. The van der Waals surface area contributed by atoms with Gasteiger partial charge in [0, 0.05) is 25.1 Å². The van der Waals surface area contributed by atoms with E-state index in [0.717, 1.165) is 30.9 Å². The summed E-state index contributed by atoms with van der Waals surface area (Å²) < 4.78 is 1.94. The molecule has 4 nitrogen and oxygen atoms in total. The number of nitrogens with one attached hydrogen (secondary N) is 1. The Kier molecular flexibility index (Phi) is 2.97. The molecule has 0 fully saturated rings. The molecule has 0 aliphatic carbocycles. The van der Waals surface area contributed by atoms with E-state index in [9.17, 15) is 0 Å². The normalized spacial score (nSPS) is 11.1. The Morgan fingerprint density at radius 1 is 1.40 bits per heavy atom. The fourth-order valence-electron chi connectivity index (χ4n) is 1.60. The van der Waals surface area contributed by atoms with Gasteiger partial charge in [-0.2, -0.15) is 5.10 Å². The molecule has 2 heterocycles. The molecule has 4 heteroatoms. The Balaban J connectivity index is 2.40. The Bertz CT molecular complexity index is 447. The summed E-state index contributed by atoms with van der Waals surface area (Å²) in [4.78, 5) is 4.43. The van der Waals surface area contributed by atoms with E-state index in [2.05, 4.69) is 28.4 Å². The van der Waals surface area contributed by atoms with Gasteiger partial charge in [0.25, 0.3) is 0 Å². The molecule has 2 rings (SSSR count). The van der Waals surface area contributed by atoms with Gasteiger partial charge in [0.05, 0.1) is 0 Å². The lowest BCUT2D eigenvalue weighted by Gasteiger charge is -2.02. The van der Waals surface area contributed by atoms with Crippen molar-refractivity contribution < 1.29 is 0 Å². The van der Waals surface area contributed by atoms with Crippen LogP contribution in [0.1, 0.15) is 18.4 Å². The second kappa shape index (κ2) is 4.40. The van der Waals surface area contributed by atoms with Crippen molar-refractivity contribution in [3.8, 4) is 0 Å². The van der Waals surface area contributed by atoms with Gasteiger partial charge < -0.3 is 5.32 Å². The molecule has 0 aliphatic heterocycles. The van der Waals surface area contributed by atoms with Gasteiger partial charge in [0.2, 0.25) is 0 Å². The van der Waals surface area contributed by atoms with Crippen LogP contribution in [0.25, 0.3) is 5.65 Å². The molecule has 80 valence electrons. The van der Waals surface area contributed by atoms with Crippen molar-refractivity contribution in [3.05, 3.63) is 29.7 Å². The van der Waals surface area contributed by atoms with Crippen LogP contribution in [0.4, 0.5) is 0 Å². The second-order valence-electron chi connectivity index (χ2n) is 3.52. The minimum atomic E-state index is 0.882. The molecular weight excluding hydrogens is 188 g/mol. The number of aryl methyl sites for hydroxylation is 1. The van der Waals surface area contributed by atoms with E-state index in [0.29, 0.717) is 0 Å². The Morgan fingerprint density at radius 2 is 2.27 bits per heavy atom. The number of fused-ring (bicyclic) bond motifs is 1. The largest absolute Gasteiger partial charge is 0.319 e. The van der Waals surface area contributed by atoms with Crippen LogP contribution < -0.4 is 5.32 Å². The maximum absolute atomic E-state index is 4.46. The average Bonchev–Trinajstić information content (AvgIpc) is 2.69. The van der Waals surface area contributed by atoms with Crippen molar-refractivity contribution in [1.82, 2.24) is 19.9 Å². The van der Waals surface area contributed by atoms with Crippen LogP contribution in [0.5, 0.6) is 0 Å². The highest BCUT2D eigenvalue weighted by atomic mass is 15.3. The standard InChI is InChI=1S/C11H16N4/c1-3-10-13-11-6-4-5-9(7-8-12-2)15(11)14-10/h4-6,12H,3,7-8H2,1-2H3. The molecule has 2 aromatic rings. The average molecular weight is 204 g/mol. The van der Waals surface area contributed by atoms with Crippen LogP contribution in [-0.4, -0.2) is 28.2 Å². The van der Waals surface area contributed by atoms with Crippen LogP contribution in [0.2, 0.25) is 0 Å². The van der Waals surface area contributed by atoms with E-state index in [1.807, 2.05) is 23.7 Å². The molecule has 2 aromatic heterocycles. The lowest BCUT2D eigenvalue weighted by Crippen LogP contribution is -2.12. The highest BCUT2D eigenvalue weighted by molar-refractivity contribution is 5.38. The molecule has 0 saturated heterocycles. The van der Waals surface area contributed by atoms with Gasteiger partial charge in [-0.3, -0.25) is 0 Å². The fraction of sp³-hybridized carbons (Fsp3) is 0.455. The zero-order valence-electron chi connectivity index (χ0n) is 9.20. The number of pyridine rings is 1. The minimum absolute atomic E-state index is 0.882. The van der Waals surface area contributed by atoms with E-state index in [-0.39, 0.29) is 0 Å². The first-order valence-electron chi connectivity index (χ1n) is 5.33. The van der Waals surface area contributed by atoms with E-state index < -0.39 is 0 Å². The number of aromatic nitrogens is 3. The first-order valence-corrected chi connectivity index (χ1v) is 5.33. The molecule has 0 unspecified atom stereocenters. The third-order valence-electron chi connectivity index (χ3n) is 2.43. The van der Waals surface area contributed by atoms with Crippen LogP contribution in [-0.2, 0) is 12.8 Å². The Morgan fingerprint density at radius 3 is 3.00 bits per heavy atom. The lowest BCUT2D eigenvalue weighted by atomic mass is 10.2. The summed E-state index contributed by atoms with van der Waals surface area (Å²) in [5.74, 6) is 0.909. The van der Waals surface area contributed by atoms with Gasteiger partial charge >= 0.3 is 0 Å². The monoisotopic (exact) mass is 204 g/mol. The minimum Gasteiger partial charge on any atom is -0.319 e. The SMILES string of the molecule is CCc1nc2cccc(CCNC)n2n1. The highest BCUT2D eigenvalue weighted by Gasteiger charge is 2.04. The highest BCUT2D eigenvalue weighted by Crippen LogP contribution is 2.06. The number of likely N-dealkylation sites (N-methyl/N-ethyl adjacent to an activating group) is 1. The van der Waals surface area contributed by atoms with Crippen molar-refractivity contribution in [1.29, 1.82) is 0 Å². The van der Waals surface area contributed by atoms with Gasteiger partial charge in [0.1, 0.15) is 0 Å². The Hall–Kier alpha value is -1.42. The number of hydrogen-bond acceptors (Lipinski definition) is 3. The molecular formula is C11H16N4. The maximum atomic E-state index is 4.46. The van der Waals surface area contributed by atoms with Crippen LogP contribution in [0.15, 0.2) is 18.2 Å². The molecule has 0 spiro atoms. The number of rotatable bonds is 4. The Labute approximate surface area is 89.3 Å². The summed E-state index contributed by atoms with van der Waals surface area (Å²) in [5, 5.41) is 7.60. The third-order valence-corrected chi connectivity index (χ3v) is 2.43. The molecule has 0 aromatic carbocycles. The van der Waals surface area contributed by atoms with E-state index in [4.69, 9.17) is 0 Å². The zero-order chi connectivity index (χ0) is 10.7. The van der Waals surface area contributed by atoms with E-state index in [1.165, 1.54) is 5.69 Å². The molecule has 0 radical (unpaired) electrons. The van der Waals surface area contributed by atoms with Crippen molar-refractivity contribution in [2.24, 2.45) is 0 Å². The van der Waals surface area contributed by atoms with Gasteiger partial charge in [0.15, 0.2) is 11.5 Å². The van der Waals surface area contributed by atoms with Gasteiger partial charge in [-0.15, -0.1) is 0 Å². The van der Waals surface area contributed by atoms with Crippen LogP contribution in [0.3, 0.4) is 0 Å². The van der Waals surface area contributed by atoms with Gasteiger partial charge in [-0.05, 0) is 19.2 Å². The van der Waals surface area contributed by atoms with Crippen molar-refractivity contribution >= 4 is 5.65 Å². The fourth-order valence-corrected chi connectivity index (χ4v) is 1.60. The summed E-state index contributed by atoms with van der Waals surface area (Å²) in [6, 6.07) is 6.13. The summed E-state index contributed by atoms with van der Waals surface area (Å²) in [7, 11) is 1.96. The van der Waals surface area contributed by atoms with E-state index in [1.54, 1.807) is 0 Å². The van der Waals surface area contributed by atoms with E-state index >= 15 is 0 Å². The smallest absolute Gasteiger partial charge is 0.155 e. The van der Waals surface area contributed by atoms with Crippen molar-refractivity contribution in [2.45, 2.75) is 19.8 Å². The molecule has 15 heavy (non-hydrogen) atoms. The van der Waals surface area contributed by atoms with Crippen molar-refractivity contribution in [3.63, 3.8) is 0 Å². The molecule has 0 bridgehead atoms. The quantitative estimate of drug-likeness (QED) is 0.809. The summed E-state index contributed by atoms with van der Waals surface area (Å²) in [6.07, 6.45) is 1.85. The predicted octanol–water partition coefficient (Wildman–Crippen LogP) is 1.05. The summed E-state index contributed by atoms with van der Waals surface area (Å²) in [5.41, 5.74) is 2.15. The summed E-state index contributed by atoms with van der Waals surface area (Å²) in [6.45, 7) is 3.03. The molecule has 1 N–H and O–H groups in total. The molecule has 0 saturated carbocycles. The topological polar surface area (TPSA) is 42.2 Å². The first kappa shape index (κ1) is 10.1. The molecule has 0 amide bonds. The molecule has 0 atom stereocenters.